The molecule has 0 aliphatic rings. The quantitative estimate of drug-likeness (QED) is 0.537. The Hall–Kier alpha value is -3.40. The van der Waals surface area contributed by atoms with Crippen molar-refractivity contribution < 1.29 is 4.79 Å². The van der Waals surface area contributed by atoms with Gasteiger partial charge in [0.2, 0.25) is 5.91 Å². The summed E-state index contributed by atoms with van der Waals surface area (Å²) in [5.74, 6) is 0.0961. The molecule has 0 atom stereocenters. The molecule has 1 aromatic heterocycles. The molecule has 0 N–H and O–H groups in total. The molecule has 4 aromatic rings. The van der Waals surface area contributed by atoms with E-state index in [0.717, 1.165) is 27.6 Å². The predicted octanol–water partition coefficient (Wildman–Crippen LogP) is 4.23. The Morgan fingerprint density at radius 2 is 1.70 bits per heavy atom. The van der Waals surface area contributed by atoms with E-state index in [2.05, 4.69) is 23.3 Å². The maximum Gasteiger partial charge on any atom is 0.227 e. The highest BCUT2D eigenvalue weighted by Gasteiger charge is 2.13. The van der Waals surface area contributed by atoms with E-state index in [1.807, 2.05) is 78.7 Å². The Labute approximate surface area is 158 Å². The van der Waals surface area contributed by atoms with Crippen LogP contribution in [0.4, 0.5) is 0 Å². The van der Waals surface area contributed by atoms with Gasteiger partial charge in [0.25, 0.3) is 0 Å². The fraction of sp³-hybridized carbons (Fsp3) is 0.130. The van der Waals surface area contributed by atoms with Gasteiger partial charge in [-0.25, -0.2) is 4.68 Å². The minimum atomic E-state index is 0.0961. The zero-order valence-corrected chi connectivity index (χ0v) is 15.2. The fourth-order valence-electron chi connectivity index (χ4n) is 3.27. The minimum absolute atomic E-state index is 0.0961. The molecular weight excluding hydrogens is 334 g/mol. The summed E-state index contributed by atoms with van der Waals surface area (Å²) in [7, 11) is 1.84. The van der Waals surface area contributed by atoms with Gasteiger partial charge >= 0.3 is 0 Å². The topological polar surface area (TPSA) is 38.1 Å². The van der Waals surface area contributed by atoms with E-state index in [4.69, 9.17) is 0 Å². The number of likely N-dealkylation sites (N-methyl/N-ethyl adjacent to an activating group) is 1. The molecule has 0 saturated carbocycles. The summed E-state index contributed by atoms with van der Waals surface area (Å²) in [5.41, 5.74) is 3.08. The molecule has 1 heterocycles. The first kappa shape index (κ1) is 17.0. The van der Waals surface area contributed by atoms with E-state index in [1.54, 1.807) is 4.90 Å². The summed E-state index contributed by atoms with van der Waals surface area (Å²) in [4.78, 5) is 14.5. The van der Waals surface area contributed by atoms with Gasteiger partial charge in [-0.05, 0) is 28.5 Å². The molecule has 0 saturated heterocycles. The molecule has 3 aromatic carbocycles. The number of carbonyl (C=O) groups excluding carboxylic acids is 1. The maximum atomic E-state index is 12.7. The summed E-state index contributed by atoms with van der Waals surface area (Å²) in [6, 6.07) is 24.2. The Morgan fingerprint density at radius 1 is 0.963 bits per heavy atom. The summed E-state index contributed by atoms with van der Waals surface area (Å²) >= 11 is 0. The van der Waals surface area contributed by atoms with E-state index in [9.17, 15) is 4.79 Å². The lowest BCUT2D eigenvalue weighted by Gasteiger charge is -2.17. The predicted molar refractivity (Wildman–Crippen MR) is 108 cm³/mol. The van der Waals surface area contributed by atoms with Crippen LogP contribution in [0.3, 0.4) is 0 Å². The van der Waals surface area contributed by atoms with Crippen LogP contribution in [-0.2, 0) is 17.8 Å². The van der Waals surface area contributed by atoms with Crippen molar-refractivity contribution in [3.63, 3.8) is 0 Å². The maximum absolute atomic E-state index is 12.7. The third kappa shape index (κ3) is 3.75. The van der Waals surface area contributed by atoms with E-state index in [0.29, 0.717) is 13.0 Å². The van der Waals surface area contributed by atoms with Crippen LogP contribution in [0.25, 0.3) is 16.5 Å². The van der Waals surface area contributed by atoms with Gasteiger partial charge < -0.3 is 4.90 Å². The standard InChI is InChI=1S/C23H21N3O/c1-25(16-18-15-24-26(17-18)21-11-3-2-4-12-21)23(27)14-20-10-7-9-19-8-5-6-13-22(19)20/h2-13,15,17H,14,16H2,1H3. The number of benzene rings is 3. The highest BCUT2D eigenvalue weighted by Crippen LogP contribution is 2.19. The van der Waals surface area contributed by atoms with Crippen molar-refractivity contribution in [1.82, 2.24) is 14.7 Å². The number of rotatable bonds is 5. The molecule has 0 aliphatic carbocycles. The first-order valence-corrected chi connectivity index (χ1v) is 9.00. The lowest BCUT2D eigenvalue weighted by molar-refractivity contribution is -0.129. The molecule has 0 bridgehead atoms. The van der Waals surface area contributed by atoms with Gasteiger partial charge in [-0.3, -0.25) is 4.79 Å². The second-order valence-electron chi connectivity index (χ2n) is 6.69. The normalized spacial score (nSPS) is 10.9. The average Bonchev–Trinajstić information content (AvgIpc) is 3.17. The summed E-state index contributed by atoms with van der Waals surface area (Å²) in [5, 5.41) is 6.70. The fourth-order valence-corrected chi connectivity index (χ4v) is 3.27. The van der Waals surface area contributed by atoms with Crippen LogP contribution < -0.4 is 0 Å². The summed E-state index contributed by atoms with van der Waals surface area (Å²) < 4.78 is 1.83. The van der Waals surface area contributed by atoms with Crippen LogP contribution in [0.5, 0.6) is 0 Å². The average molecular weight is 355 g/mol. The van der Waals surface area contributed by atoms with Crippen molar-refractivity contribution in [3.8, 4) is 5.69 Å². The van der Waals surface area contributed by atoms with E-state index < -0.39 is 0 Å². The van der Waals surface area contributed by atoms with Gasteiger partial charge in [0.15, 0.2) is 0 Å². The number of para-hydroxylation sites is 1. The van der Waals surface area contributed by atoms with Gasteiger partial charge in [-0.15, -0.1) is 0 Å². The monoisotopic (exact) mass is 355 g/mol. The van der Waals surface area contributed by atoms with Crippen molar-refractivity contribution in [1.29, 1.82) is 0 Å². The number of aromatic nitrogens is 2. The largest absolute Gasteiger partial charge is 0.341 e. The Balaban J connectivity index is 1.46. The van der Waals surface area contributed by atoms with Gasteiger partial charge in [0.1, 0.15) is 0 Å². The van der Waals surface area contributed by atoms with Crippen LogP contribution in [0.2, 0.25) is 0 Å². The minimum Gasteiger partial charge on any atom is -0.341 e. The molecule has 4 nitrogen and oxygen atoms in total. The lowest BCUT2D eigenvalue weighted by Crippen LogP contribution is -2.27. The smallest absolute Gasteiger partial charge is 0.227 e. The van der Waals surface area contributed by atoms with E-state index in [1.165, 1.54) is 0 Å². The van der Waals surface area contributed by atoms with E-state index >= 15 is 0 Å². The van der Waals surface area contributed by atoms with Gasteiger partial charge in [0, 0.05) is 25.4 Å². The van der Waals surface area contributed by atoms with Crippen molar-refractivity contribution in [3.05, 3.63) is 96.3 Å². The van der Waals surface area contributed by atoms with Crippen molar-refractivity contribution >= 4 is 16.7 Å². The number of fused-ring (bicyclic) bond motifs is 1. The Kier molecular flexibility index (Phi) is 4.71. The molecule has 4 heteroatoms. The third-order valence-electron chi connectivity index (χ3n) is 4.72. The van der Waals surface area contributed by atoms with Crippen LogP contribution >= 0.6 is 0 Å². The molecular formula is C23H21N3O. The Morgan fingerprint density at radius 3 is 2.56 bits per heavy atom. The number of carbonyl (C=O) groups is 1. The van der Waals surface area contributed by atoms with Gasteiger partial charge in [-0.2, -0.15) is 5.10 Å². The zero-order chi connectivity index (χ0) is 18.6. The molecule has 0 spiro atoms. The zero-order valence-electron chi connectivity index (χ0n) is 15.2. The molecule has 4 rings (SSSR count). The number of nitrogens with zero attached hydrogens (tertiary/aromatic N) is 3. The molecule has 0 unspecified atom stereocenters. The number of hydrogen-bond acceptors (Lipinski definition) is 2. The second kappa shape index (κ2) is 7.46. The van der Waals surface area contributed by atoms with E-state index in [-0.39, 0.29) is 5.91 Å². The first-order valence-electron chi connectivity index (χ1n) is 9.00. The summed E-state index contributed by atoms with van der Waals surface area (Å²) in [6.07, 6.45) is 4.18. The third-order valence-corrected chi connectivity index (χ3v) is 4.72. The SMILES string of the molecule is CN(Cc1cnn(-c2ccccc2)c1)C(=O)Cc1cccc2ccccc12. The number of amides is 1. The highest BCUT2D eigenvalue weighted by atomic mass is 16.2. The van der Waals surface area contributed by atoms with Crippen LogP contribution in [0.1, 0.15) is 11.1 Å². The van der Waals surface area contributed by atoms with Crippen LogP contribution in [-0.4, -0.2) is 27.6 Å². The lowest BCUT2D eigenvalue weighted by atomic mass is 10.0. The molecule has 0 aliphatic heterocycles. The molecule has 27 heavy (non-hydrogen) atoms. The first-order chi connectivity index (χ1) is 13.2. The van der Waals surface area contributed by atoms with Crippen LogP contribution in [0.15, 0.2) is 85.2 Å². The van der Waals surface area contributed by atoms with Gasteiger partial charge in [-0.1, -0.05) is 60.7 Å². The Bertz CT molecular complexity index is 1060. The number of hydrogen-bond donors (Lipinski definition) is 0. The van der Waals surface area contributed by atoms with Crippen molar-refractivity contribution in [2.75, 3.05) is 7.05 Å². The molecule has 1 amide bonds. The van der Waals surface area contributed by atoms with Crippen molar-refractivity contribution in [2.45, 2.75) is 13.0 Å². The summed E-state index contributed by atoms with van der Waals surface area (Å²) in [6.45, 7) is 0.538. The van der Waals surface area contributed by atoms with Crippen molar-refractivity contribution in [2.24, 2.45) is 0 Å². The van der Waals surface area contributed by atoms with Crippen LogP contribution in [0, 0.1) is 0 Å². The molecule has 134 valence electrons. The van der Waals surface area contributed by atoms with Gasteiger partial charge in [0.05, 0.1) is 18.3 Å². The highest BCUT2D eigenvalue weighted by molar-refractivity contribution is 5.90. The molecule has 0 fully saturated rings. The second-order valence-corrected chi connectivity index (χ2v) is 6.69. The molecule has 0 radical (unpaired) electrons.